The van der Waals surface area contributed by atoms with E-state index in [2.05, 4.69) is 24.5 Å². The van der Waals surface area contributed by atoms with Crippen LogP contribution in [-0.2, 0) is 9.59 Å². The molecule has 3 amide bonds. The minimum Gasteiger partial charge on any atom is -0.340 e. The van der Waals surface area contributed by atoms with Crippen LogP contribution in [-0.4, -0.2) is 66.8 Å². The fourth-order valence-corrected chi connectivity index (χ4v) is 3.15. The van der Waals surface area contributed by atoms with Crippen molar-refractivity contribution in [3.05, 3.63) is 29.8 Å². The van der Waals surface area contributed by atoms with E-state index in [1.165, 1.54) is 6.92 Å². The highest BCUT2D eigenvalue weighted by molar-refractivity contribution is 5.97. The molecule has 0 atom stereocenters. The number of carbonyl (C=O) groups excluding carboxylic acids is 3. The van der Waals surface area contributed by atoms with Crippen molar-refractivity contribution in [1.29, 1.82) is 0 Å². The second-order valence-corrected chi connectivity index (χ2v) is 7.62. The average Bonchev–Trinajstić information content (AvgIpc) is 2.67. The number of hydrogen-bond donors (Lipinski definition) is 2. The molecular formula is C21H32N4O3. The van der Waals surface area contributed by atoms with Gasteiger partial charge in [-0.15, -0.1) is 0 Å². The number of benzene rings is 1. The molecule has 0 radical (unpaired) electrons. The number of nitrogens with one attached hydrogen (secondary N) is 2. The molecule has 28 heavy (non-hydrogen) atoms. The van der Waals surface area contributed by atoms with E-state index < -0.39 is 0 Å². The van der Waals surface area contributed by atoms with Gasteiger partial charge in [0.05, 0.1) is 0 Å². The van der Waals surface area contributed by atoms with Gasteiger partial charge in [-0.25, -0.2) is 0 Å². The monoisotopic (exact) mass is 388 g/mol. The standard InChI is InChI=1S/C21H32N4O3/c1-16(2)7-11-25(12-8-20(27)24-13-9-22-10-14-24)21(28)18-5-4-6-19(15-18)23-17(3)26/h4-6,15-16,22H,7-14H2,1-3H3,(H,23,26). The maximum Gasteiger partial charge on any atom is 0.253 e. The molecule has 0 unspecified atom stereocenters. The van der Waals surface area contributed by atoms with Gasteiger partial charge in [-0.3, -0.25) is 14.4 Å². The largest absolute Gasteiger partial charge is 0.340 e. The van der Waals surface area contributed by atoms with Crippen LogP contribution in [0.4, 0.5) is 5.69 Å². The number of hydrogen-bond acceptors (Lipinski definition) is 4. The summed E-state index contributed by atoms with van der Waals surface area (Å²) >= 11 is 0. The molecule has 2 N–H and O–H groups in total. The lowest BCUT2D eigenvalue weighted by Gasteiger charge is -2.29. The van der Waals surface area contributed by atoms with Crippen molar-refractivity contribution in [2.24, 2.45) is 5.92 Å². The fourth-order valence-electron chi connectivity index (χ4n) is 3.15. The fraction of sp³-hybridized carbons (Fsp3) is 0.571. The summed E-state index contributed by atoms with van der Waals surface area (Å²) in [4.78, 5) is 40.4. The summed E-state index contributed by atoms with van der Waals surface area (Å²) in [5, 5.41) is 5.94. The summed E-state index contributed by atoms with van der Waals surface area (Å²) in [5.74, 6) is 0.268. The molecule has 7 heteroatoms. The lowest BCUT2D eigenvalue weighted by atomic mass is 10.1. The van der Waals surface area contributed by atoms with E-state index in [0.29, 0.717) is 36.7 Å². The first-order valence-corrected chi connectivity index (χ1v) is 10.0. The molecular weight excluding hydrogens is 356 g/mol. The van der Waals surface area contributed by atoms with Crippen LogP contribution in [0, 0.1) is 5.92 Å². The van der Waals surface area contributed by atoms with E-state index in [0.717, 1.165) is 32.6 Å². The molecule has 7 nitrogen and oxygen atoms in total. The highest BCUT2D eigenvalue weighted by Crippen LogP contribution is 2.15. The second-order valence-electron chi connectivity index (χ2n) is 7.62. The topological polar surface area (TPSA) is 81.8 Å². The first-order chi connectivity index (χ1) is 13.4. The Bertz CT molecular complexity index is 684. The third-order valence-electron chi connectivity index (χ3n) is 4.76. The number of rotatable bonds is 8. The third-order valence-corrected chi connectivity index (χ3v) is 4.76. The Labute approximate surface area is 167 Å². The van der Waals surface area contributed by atoms with Crippen molar-refractivity contribution < 1.29 is 14.4 Å². The smallest absolute Gasteiger partial charge is 0.253 e. The molecule has 1 saturated heterocycles. The van der Waals surface area contributed by atoms with Gasteiger partial charge in [0.2, 0.25) is 11.8 Å². The van der Waals surface area contributed by atoms with Crippen LogP contribution in [0.2, 0.25) is 0 Å². The first-order valence-electron chi connectivity index (χ1n) is 10.0. The Morgan fingerprint density at radius 3 is 2.54 bits per heavy atom. The van der Waals surface area contributed by atoms with Gasteiger partial charge >= 0.3 is 0 Å². The van der Waals surface area contributed by atoms with E-state index in [-0.39, 0.29) is 17.7 Å². The van der Waals surface area contributed by atoms with Crippen LogP contribution >= 0.6 is 0 Å². The predicted molar refractivity (Wildman–Crippen MR) is 110 cm³/mol. The quantitative estimate of drug-likeness (QED) is 0.713. The lowest BCUT2D eigenvalue weighted by Crippen LogP contribution is -2.47. The molecule has 0 bridgehead atoms. The van der Waals surface area contributed by atoms with Crippen molar-refractivity contribution in [3.8, 4) is 0 Å². The van der Waals surface area contributed by atoms with E-state index in [4.69, 9.17) is 0 Å². The first kappa shape index (κ1) is 21.9. The third kappa shape index (κ3) is 6.96. The van der Waals surface area contributed by atoms with Gasteiger partial charge < -0.3 is 20.4 Å². The minimum atomic E-state index is -0.178. The van der Waals surface area contributed by atoms with Gasteiger partial charge in [-0.1, -0.05) is 19.9 Å². The van der Waals surface area contributed by atoms with Gasteiger partial charge in [0.25, 0.3) is 5.91 Å². The lowest BCUT2D eigenvalue weighted by molar-refractivity contribution is -0.132. The zero-order valence-electron chi connectivity index (χ0n) is 17.2. The van der Waals surface area contributed by atoms with E-state index in [1.54, 1.807) is 29.2 Å². The van der Waals surface area contributed by atoms with Gasteiger partial charge in [-0.05, 0) is 30.5 Å². The van der Waals surface area contributed by atoms with Gasteiger partial charge in [0, 0.05) is 63.9 Å². The summed E-state index contributed by atoms with van der Waals surface area (Å²) in [6, 6.07) is 6.94. The molecule has 1 aromatic rings. The molecule has 1 aliphatic heterocycles. The summed E-state index contributed by atoms with van der Waals surface area (Å²) < 4.78 is 0. The maximum atomic E-state index is 13.1. The normalized spacial score (nSPS) is 14.1. The SMILES string of the molecule is CC(=O)Nc1cccc(C(=O)N(CCC(=O)N2CCNCC2)CCC(C)C)c1. The Kier molecular flexibility index (Phi) is 8.44. The molecule has 1 aromatic carbocycles. The van der Waals surface area contributed by atoms with Crippen LogP contribution < -0.4 is 10.6 Å². The van der Waals surface area contributed by atoms with Crippen molar-refractivity contribution in [3.63, 3.8) is 0 Å². The Morgan fingerprint density at radius 2 is 1.89 bits per heavy atom. The zero-order chi connectivity index (χ0) is 20.5. The van der Waals surface area contributed by atoms with Crippen molar-refractivity contribution in [2.75, 3.05) is 44.6 Å². The maximum absolute atomic E-state index is 13.1. The van der Waals surface area contributed by atoms with Crippen LogP contribution in [0.3, 0.4) is 0 Å². The molecule has 154 valence electrons. The van der Waals surface area contributed by atoms with E-state index in [1.807, 2.05) is 4.90 Å². The van der Waals surface area contributed by atoms with Crippen molar-refractivity contribution in [1.82, 2.24) is 15.1 Å². The number of carbonyl (C=O) groups is 3. The summed E-state index contributed by atoms with van der Waals surface area (Å²) in [7, 11) is 0. The zero-order valence-corrected chi connectivity index (χ0v) is 17.2. The predicted octanol–water partition coefficient (Wildman–Crippen LogP) is 1.96. The second kappa shape index (κ2) is 10.8. The van der Waals surface area contributed by atoms with Crippen LogP contribution in [0.5, 0.6) is 0 Å². The molecule has 1 fully saturated rings. The number of piperazine rings is 1. The minimum absolute atomic E-state index is 0.0934. The molecule has 0 aliphatic carbocycles. The molecule has 1 aliphatic rings. The van der Waals surface area contributed by atoms with Gasteiger partial charge in [0.1, 0.15) is 0 Å². The Hall–Kier alpha value is -2.41. The van der Waals surface area contributed by atoms with Crippen molar-refractivity contribution >= 4 is 23.4 Å². The molecule has 1 heterocycles. The molecule has 0 saturated carbocycles. The molecule has 0 spiro atoms. The number of amides is 3. The molecule has 0 aromatic heterocycles. The summed E-state index contributed by atoms with van der Waals surface area (Å²) in [6.07, 6.45) is 1.20. The Balaban J connectivity index is 2.05. The Morgan fingerprint density at radius 1 is 1.18 bits per heavy atom. The average molecular weight is 389 g/mol. The summed E-state index contributed by atoms with van der Waals surface area (Å²) in [6.45, 7) is 9.75. The number of anilines is 1. The van der Waals surface area contributed by atoms with Gasteiger partial charge in [-0.2, -0.15) is 0 Å². The number of nitrogens with zero attached hydrogens (tertiary/aromatic N) is 2. The van der Waals surface area contributed by atoms with E-state index >= 15 is 0 Å². The van der Waals surface area contributed by atoms with Crippen LogP contribution in [0.25, 0.3) is 0 Å². The van der Waals surface area contributed by atoms with Gasteiger partial charge in [0.15, 0.2) is 0 Å². The van der Waals surface area contributed by atoms with E-state index in [9.17, 15) is 14.4 Å². The molecule has 2 rings (SSSR count). The van der Waals surface area contributed by atoms with Crippen LogP contribution in [0.1, 0.15) is 44.0 Å². The summed E-state index contributed by atoms with van der Waals surface area (Å²) in [5.41, 5.74) is 1.11. The van der Waals surface area contributed by atoms with Crippen LogP contribution in [0.15, 0.2) is 24.3 Å². The highest BCUT2D eigenvalue weighted by atomic mass is 16.2. The van der Waals surface area contributed by atoms with Crippen molar-refractivity contribution in [2.45, 2.75) is 33.6 Å². The highest BCUT2D eigenvalue weighted by Gasteiger charge is 2.21.